The summed E-state index contributed by atoms with van der Waals surface area (Å²) in [6, 6.07) is 12.2. The van der Waals surface area contributed by atoms with Gasteiger partial charge in [-0.1, -0.05) is 19.4 Å². The van der Waals surface area contributed by atoms with E-state index in [2.05, 4.69) is 17.6 Å². The Morgan fingerprint density at radius 2 is 1.89 bits per heavy atom. The van der Waals surface area contributed by atoms with E-state index >= 15 is 0 Å². The van der Waals surface area contributed by atoms with Gasteiger partial charge in [0, 0.05) is 23.4 Å². The number of hydrogen-bond acceptors (Lipinski definition) is 5. The SMILES string of the molecule is CCCCOc1ccc(C(=O)NCC(=O)Nc2cccc([N+](=O)[O-])c2)cc1. The van der Waals surface area contributed by atoms with Crippen LogP contribution in [-0.4, -0.2) is 29.9 Å². The number of non-ortho nitro benzene ring substituents is 1. The first-order valence-electron chi connectivity index (χ1n) is 8.55. The zero-order valence-corrected chi connectivity index (χ0v) is 14.9. The maximum atomic E-state index is 12.1. The van der Waals surface area contributed by atoms with E-state index in [0.29, 0.717) is 17.9 Å². The van der Waals surface area contributed by atoms with E-state index in [1.54, 1.807) is 24.3 Å². The summed E-state index contributed by atoms with van der Waals surface area (Å²) >= 11 is 0. The molecule has 0 aliphatic rings. The first-order chi connectivity index (χ1) is 13.0. The zero-order chi connectivity index (χ0) is 19.6. The molecule has 0 aliphatic carbocycles. The molecule has 142 valence electrons. The highest BCUT2D eigenvalue weighted by molar-refractivity contribution is 5.99. The third kappa shape index (κ3) is 6.43. The number of ether oxygens (including phenoxy) is 1. The second-order valence-electron chi connectivity index (χ2n) is 5.76. The maximum Gasteiger partial charge on any atom is 0.271 e. The molecule has 0 spiro atoms. The quantitative estimate of drug-likeness (QED) is 0.400. The molecule has 0 aromatic heterocycles. The molecule has 2 aromatic carbocycles. The Morgan fingerprint density at radius 3 is 2.56 bits per heavy atom. The number of carbonyl (C=O) groups is 2. The number of amides is 2. The van der Waals surface area contributed by atoms with Crippen molar-refractivity contribution in [2.75, 3.05) is 18.5 Å². The summed E-state index contributed by atoms with van der Waals surface area (Å²) in [6.07, 6.45) is 2.00. The smallest absolute Gasteiger partial charge is 0.271 e. The highest BCUT2D eigenvalue weighted by Gasteiger charge is 2.10. The van der Waals surface area contributed by atoms with Crippen LogP contribution in [-0.2, 0) is 4.79 Å². The van der Waals surface area contributed by atoms with Crippen molar-refractivity contribution in [2.45, 2.75) is 19.8 Å². The fourth-order valence-corrected chi connectivity index (χ4v) is 2.20. The topological polar surface area (TPSA) is 111 Å². The van der Waals surface area contributed by atoms with Crippen molar-refractivity contribution in [1.82, 2.24) is 5.32 Å². The Balaban J connectivity index is 1.83. The summed E-state index contributed by atoms with van der Waals surface area (Å²) in [5.41, 5.74) is 0.566. The Morgan fingerprint density at radius 1 is 1.15 bits per heavy atom. The Labute approximate surface area is 156 Å². The number of hydrogen-bond donors (Lipinski definition) is 2. The van der Waals surface area contributed by atoms with E-state index in [1.807, 2.05) is 0 Å². The number of nitro benzene ring substituents is 1. The van der Waals surface area contributed by atoms with Crippen molar-refractivity contribution >= 4 is 23.2 Å². The average Bonchev–Trinajstić information content (AvgIpc) is 2.67. The minimum Gasteiger partial charge on any atom is -0.494 e. The maximum absolute atomic E-state index is 12.1. The minimum absolute atomic E-state index is 0.127. The molecule has 0 heterocycles. The first-order valence-corrected chi connectivity index (χ1v) is 8.55. The van der Waals surface area contributed by atoms with Crippen molar-refractivity contribution in [3.63, 3.8) is 0 Å². The first kappa shape index (κ1) is 19.9. The molecule has 8 heteroatoms. The van der Waals surface area contributed by atoms with Crippen LogP contribution in [0.15, 0.2) is 48.5 Å². The predicted molar refractivity (Wildman–Crippen MR) is 101 cm³/mol. The van der Waals surface area contributed by atoms with Gasteiger partial charge in [-0.05, 0) is 36.8 Å². The van der Waals surface area contributed by atoms with Crippen molar-refractivity contribution in [3.8, 4) is 5.75 Å². The van der Waals surface area contributed by atoms with Gasteiger partial charge < -0.3 is 15.4 Å². The number of rotatable bonds is 9. The molecule has 0 radical (unpaired) electrons. The molecule has 0 atom stereocenters. The van der Waals surface area contributed by atoms with Gasteiger partial charge in [0.25, 0.3) is 11.6 Å². The van der Waals surface area contributed by atoms with Gasteiger partial charge in [0.2, 0.25) is 5.91 Å². The van der Waals surface area contributed by atoms with Gasteiger partial charge in [-0.25, -0.2) is 0 Å². The van der Waals surface area contributed by atoms with Gasteiger partial charge in [-0.2, -0.15) is 0 Å². The number of anilines is 1. The van der Waals surface area contributed by atoms with E-state index in [-0.39, 0.29) is 17.9 Å². The molecule has 2 N–H and O–H groups in total. The Bertz CT molecular complexity index is 805. The van der Waals surface area contributed by atoms with Crippen molar-refractivity contribution in [2.24, 2.45) is 0 Å². The molecule has 0 bridgehead atoms. The number of unbranched alkanes of at least 4 members (excludes halogenated alkanes) is 1. The largest absolute Gasteiger partial charge is 0.494 e. The molecule has 2 aromatic rings. The summed E-state index contributed by atoms with van der Waals surface area (Å²) in [5, 5.41) is 15.7. The molecule has 2 rings (SSSR count). The number of nitrogens with zero attached hydrogens (tertiary/aromatic N) is 1. The minimum atomic E-state index is -0.549. The molecule has 0 saturated heterocycles. The lowest BCUT2D eigenvalue weighted by atomic mass is 10.2. The summed E-state index contributed by atoms with van der Waals surface area (Å²) in [6.45, 7) is 2.45. The zero-order valence-electron chi connectivity index (χ0n) is 14.9. The fraction of sp³-hybridized carbons (Fsp3) is 0.263. The van der Waals surface area contributed by atoms with Crippen LogP contribution < -0.4 is 15.4 Å². The second kappa shape index (κ2) is 9.91. The van der Waals surface area contributed by atoms with E-state index in [4.69, 9.17) is 4.74 Å². The normalized spacial score (nSPS) is 10.1. The third-order valence-corrected chi connectivity index (χ3v) is 3.63. The van der Waals surface area contributed by atoms with Crippen LogP contribution in [0.2, 0.25) is 0 Å². The van der Waals surface area contributed by atoms with Crippen LogP contribution >= 0.6 is 0 Å². The van der Waals surface area contributed by atoms with E-state index in [1.165, 1.54) is 24.3 Å². The molecular weight excluding hydrogens is 350 g/mol. The van der Waals surface area contributed by atoms with Crippen LogP contribution in [0, 0.1) is 10.1 Å². The summed E-state index contributed by atoms with van der Waals surface area (Å²) in [4.78, 5) is 34.2. The number of nitro groups is 1. The van der Waals surface area contributed by atoms with Crippen LogP contribution in [0.5, 0.6) is 5.75 Å². The Hall–Kier alpha value is -3.42. The van der Waals surface area contributed by atoms with Crippen LogP contribution in [0.3, 0.4) is 0 Å². The summed E-state index contributed by atoms with van der Waals surface area (Å²) in [7, 11) is 0. The molecule has 0 aliphatic heterocycles. The van der Waals surface area contributed by atoms with Gasteiger partial charge in [0.05, 0.1) is 18.1 Å². The van der Waals surface area contributed by atoms with Crippen molar-refractivity contribution in [3.05, 3.63) is 64.2 Å². The number of carbonyl (C=O) groups excluding carboxylic acids is 2. The number of benzene rings is 2. The highest BCUT2D eigenvalue weighted by atomic mass is 16.6. The van der Waals surface area contributed by atoms with Crippen LogP contribution in [0.25, 0.3) is 0 Å². The Kier molecular flexibility index (Phi) is 7.30. The summed E-state index contributed by atoms with van der Waals surface area (Å²) in [5.74, 6) is -0.198. The highest BCUT2D eigenvalue weighted by Crippen LogP contribution is 2.17. The van der Waals surface area contributed by atoms with E-state index in [9.17, 15) is 19.7 Å². The van der Waals surface area contributed by atoms with Crippen LogP contribution in [0.4, 0.5) is 11.4 Å². The standard InChI is InChI=1S/C19H21N3O5/c1-2-3-11-27-17-9-7-14(8-10-17)19(24)20-13-18(23)21-15-5-4-6-16(12-15)22(25)26/h4-10,12H,2-3,11,13H2,1H3,(H,20,24)(H,21,23). The molecule has 0 fully saturated rings. The van der Waals surface area contributed by atoms with Gasteiger partial charge in [-0.15, -0.1) is 0 Å². The monoisotopic (exact) mass is 371 g/mol. The van der Waals surface area contributed by atoms with E-state index < -0.39 is 16.7 Å². The van der Waals surface area contributed by atoms with Crippen molar-refractivity contribution in [1.29, 1.82) is 0 Å². The molecule has 8 nitrogen and oxygen atoms in total. The van der Waals surface area contributed by atoms with Gasteiger partial charge >= 0.3 is 0 Å². The number of nitrogens with one attached hydrogen (secondary N) is 2. The fourth-order valence-electron chi connectivity index (χ4n) is 2.20. The second-order valence-corrected chi connectivity index (χ2v) is 5.76. The average molecular weight is 371 g/mol. The lowest BCUT2D eigenvalue weighted by Crippen LogP contribution is -2.32. The molecule has 27 heavy (non-hydrogen) atoms. The van der Waals surface area contributed by atoms with Gasteiger partial charge in [0.15, 0.2) is 0 Å². The lowest BCUT2D eigenvalue weighted by molar-refractivity contribution is -0.384. The summed E-state index contributed by atoms with van der Waals surface area (Å²) < 4.78 is 5.53. The van der Waals surface area contributed by atoms with Crippen LogP contribution in [0.1, 0.15) is 30.1 Å². The lowest BCUT2D eigenvalue weighted by Gasteiger charge is -2.08. The molecule has 2 amide bonds. The van der Waals surface area contributed by atoms with Gasteiger partial charge in [-0.3, -0.25) is 19.7 Å². The van der Waals surface area contributed by atoms with Gasteiger partial charge in [0.1, 0.15) is 5.75 Å². The van der Waals surface area contributed by atoms with E-state index in [0.717, 1.165) is 12.8 Å². The molecular formula is C19H21N3O5. The van der Waals surface area contributed by atoms with Crippen molar-refractivity contribution < 1.29 is 19.2 Å². The predicted octanol–water partition coefficient (Wildman–Crippen LogP) is 3.14. The molecule has 0 unspecified atom stereocenters. The third-order valence-electron chi connectivity index (χ3n) is 3.63. The molecule has 0 saturated carbocycles.